The lowest BCUT2D eigenvalue weighted by Crippen LogP contribution is -2.06. The lowest BCUT2D eigenvalue weighted by atomic mass is 10.1. The molecule has 0 radical (unpaired) electrons. The van der Waals surface area contributed by atoms with Crippen LogP contribution in [0.3, 0.4) is 0 Å². The van der Waals surface area contributed by atoms with E-state index < -0.39 is 0 Å². The van der Waals surface area contributed by atoms with Crippen LogP contribution in [-0.4, -0.2) is 7.11 Å². The molecule has 3 heteroatoms. The maximum absolute atomic E-state index is 5.17. The topological polar surface area (TPSA) is 21.3 Å². The van der Waals surface area contributed by atoms with E-state index in [0.717, 1.165) is 15.9 Å². The van der Waals surface area contributed by atoms with Gasteiger partial charge < -0.3 is 10.1 Å². The van der Waals surface area contributed by atoms with Crippen LogP contribution in [0, 0.1) is 6.92 Å². The molecule has 0 spiro atoms. The van der Waals surface area contributed by atoms with Gasteiger partial charge in [0, 0.05) is 16.2 Å². The molecule has 0 saturated carbocycles. The van der Waals surface area contributed by atoms with Gasteiger partial charge in [-0.2, -0.15) is 0 Å². The Balaban J connectivity index is 2.13. The monoisotopic (exact) mass is 319 g/mol. The van der Waals surface area contributed by atoms with Crippen LogP contribution in [-0.2, 0) is 0 Å². The van der Waals surface area contributed by atoms with Crippen molar-refractivity contribution >= 4 is 21.6 Å². The molecular formula is C16H18BrNO. The first-order valence-electron chi connectivity index (χ1n) is 6.26. The molecule has 1 N–H and O–H groups in total. The van der Waals surface area contributed by atoms with Crippen LogP contribution in [0.5, 0.6) is 5.75 Å². The largest absolute Gasteiger partial charge is 0.497 e. The zero-order valence-electron chi connectivity index (χ0n) is 11.4. The Labute approximate surface area is 122 Å². The molecule has 2 nitrogen and oxygen atoms in total. The standard InChI is InChI=1S/C16H18BrNO/c1-11-8-14(17)10-15(9-11)18-12(2)13-4-6-16(19-3)7-5-13/h4-10,12,18H,1-3H3. The van der Waals surface area contributed by atoms with Gasteiger partial charge in [-0.1, -0.05) is 28.1 Å². The molecule has 2 aromatic rings. The predicted molar refractivity (Wildman–Crippen MR) is 83.9 cm³/mol. The summed E-state index contributed by atoms with van der Waals surface area (Å²) in [5, 5.41) is 3.51. The SMILES string of the molecule is COc1ccc(C(C)Nc2cc(C)cc(Br)c2)cc1. The first-order valence-corrected chi connectivity index (χ1v) is 7.05. The average Bonchev–Trinajstić information content (AvgIpc) is 2.37. The number of ether oxygens (including phenoxy) is 1. The summed E-state index contributed by atoms with van der Waals surface area (Å²) in [5.41, 5.74) is 3.59. The zero-order chi connectivity index (χ0) is 13.8. The molecule has 19 heavy (non-hydrogen) atoms. The zero-order valence-corrected chi connectivity index (χ0v) is 13.0. The predicted octanol–water partition coefficient (Wildman–Crippen LogP) is 4.94. The fourth-order valence-corrected chi connectivity index (χ4v) is 2.65. The summed E-state index contributed by atoms with van der Waals surface area (Å²) >= 11 is 3.52. The first-order chi connectivity index (χ1) is 9.08. The molecule has 100 valence electrons. The number of methoxy groups -OCH3 is 1. The fraction of sp³-hybridized carbons (Fsp3) is 0.250. The maximum atomic E-state index is 5.17. The van der Waals surface area contributed by atoms with Crippen molar-refractivity contribution < 1.29 is 4.74 Å². The van der Waals surface area contributed by atoms with Crippen LogP contribution in [0.15, 0.2) is 46.9 Å². The molecule has 1 atom stereocenters. The molecule has 0 aliphatic heterocycles. The first kappa shape index (κ1) is 13.9. The van der Waals surface area contributed by atoms with E-state index in [1.807, 2.05) is 12.1 Å². The minimum Gasteiger partial charge on any atom is -0.497 e. The number of nitrogens with one attached hydrogen (secondary N) is 1. The molecule has 0 aliphatic rings. The van der Waals surface area contributed by atoms with Crippen molar-refractivity contribution in [3.63, 3.8) is 0 Å². The van der Waals surface area contributed by atoms with E-state index in [-0.39, 0.29) is 6.04 Å². The lowest BCUT2D eigenvalue weighted by Gasteiger charge is -2.17. The van der Waals surface area contributed by atoms with Crippen molar-refractivity contribution in [2.75, 3.05) is 12.4 Å². The quantitative estimate of drug-likeness (QED) is 0.861. The van der Waals surface area contributed by atoms with Crippen LogP contribution < -0.4 is 10.1 Å². The van der Waals surface area contributed by atoms with Gasteiger partial charge in [-0.25, -0.2) is 0 Å². The van der Waals surface area contributed by atoms with Gasteiger partial charge in [0.25, 0.3) is 0 Å². The Morgan fingerprint density at radius 1 is 1.11 bits per heavy atom. The summed E-state index contributed by atoms with van der Waals surface area (Å²) in [6, 6.07) is 14.7. The second-order valence-corrected chi connectivity index (χ2v) is 5.57. The fourth-order valence-electron chi connectivity index (χ4n) is 2.05. The summed E-state index contributed by atoms with van der Waals surface area (Å²) in [7, 11) is 1.68. The van der Waals surface area contributed by atoms with Crippen LogP contribution in [0.25, 0.3) is 0 Å². The van der Waals surface area contributed by atoms with Crippen molar-refractivity contribution in [3.8, 4) is 5.75 Å². The van der Waals surface area contributed by atoms with Gasteiger partial charge in [0.1, 0.15) is 5.75 Å². The van der Waals surface area contributed by atoms with E-state index >= 15 is 0 Å². The summed E-state index contributed by atoms with van der Waals surface area (Å²) in [5.74, 6) is 0.884. The minimum atomic E-state index is 0.250. The second kappa shape index (κ2) is 6.11. The Morgan fingerprint density at radius 2 is 1.79 bits per heavy atom. The van der Waals surface area contributed by atoms with Crippen LogP contribution in [0.4, 0.5) is 5.69 Å². The Bertz CT molecular complexity index is 531. The van der Waals surface area contributed by atoms with Crippen LogP contribution in [0.1, 0.15) is 24.1 Å². The summed E-state index contributed by atoms with van der Waals surface area (Å²) < 4.78 is 6.27. The van der Waals surface area contributed by atoms with Crippen LogP contribution >= 0.6 is 15.9 Å². The highest BCUT2D eigenvalue weighted by molar-refractivity contribution is 9.10. The molecule has 0 bridgehead atoms. The van der Waals surface area contributed by atoms with Gasteiger partial charge in [-0.05, 0) is 55.3 Å². The Hall–Kier alpha value is -1.48. The number of benzene rings is 2. The van der Waals surface area contributed by atoms with Gasteiger partial charge in [-0.15, -0.1) is 0 Å². The molecular weight excluding hydrogens is 302 g/mol. The maximum Gasteiger partial charge on any atom is 0.118 e. The molecule has 0 heterocycles. The number of anilines is 1. The van der Waals surface area contributed by atoms with Crippen molar-refractivity contribution in [1.82, 2.24) is 0 Å². The van der Waals surface area contributed by atoms with Gasteiger partial charge in [0.05, 0.1) is 7.11 Å². The van der Waals surface area contributed by atoms with Gasteiger partial charge in [0.15, 0.2) is 0 Å². The summed E-state index contributed by atoms with van der Waals surface area (Å²) in [4.78, 5) is 0. The van der Waals surface area contributed by atoms with Gasteiger partial charge in [-0.3, -0.25) is 0 Å². The molecule has 0 aliphatic carbocycles. The van der Waals surface area contributed by atoms with E-state index in [4.69, 9.17) is 4.74 Å². The third kappa shape index (κ3) is 3.74. The van der Waals surface area contributed by atoms with E-state index in [9.17, 15) is 0 Å². The molecule has 0 saturated heterocycles. The van der Waals surface area contributed by atoms with Crippen LogP contribution in [0.2, 0.25) is 0 Å². The lowest BCUT2D eigenvalue weighted by molar-refractivity contribution is 0.414. The molecule has 2 aromatic carbocycles. The van der Waals surface area contributed by atoms with Crippen molar-refractivity contribution in [2.45, 2.75) is 19.9 Å². The summed E-state index contributed by atoms with van der Waals surface area (Å²) in [6.07, 6.45) is 0. The third-order valence-electron chi connectivity index (χ3n) is 3.04. The highest BCUT2D eigenvalue weighted by atomic mass is 79.9. The van der Waals surface area contributed by atoms with E-state index in [0.29, 0.717) is 0 Å². The molecule has 0 aromatic heterocycles. The number of halogens is 1. The van der Waals surface area contributed by atoms with Crippen molar-refractivity contribution in [1.29, 1.82) is 0 Å². The number of rotatable bonds is 4. The average molecular weight is 320 g/mol. The Kier molecular flexibility index (Phi) is 4.48. The third-order valence-corrected chi connectivity index (χ3v) is 3.50. The van der Waals surface area contributed by atoms with Gasteiger partial charge >= 0.3 is 0 Å². The summed E-state index contributed by atoms with van der Waals surface area (Å²) in [6.45, 7) is 4.24. The molecule has 1 unspecified atom stereocenters. The second-order valence-electron chi connectivity index (χ2n) is 4.66. The molecule has 0 fully saturated rings. The number of hydrogen-bond acceptors (Lipinski definition) is 2. The highest BCUT2D eigenvalue weighted by Crippen LogP contribution is 2.24. The van der Waals surface area contributed by atoms with Crippen molar-refractivity contribution in [3.05, 3.63) is 58.1 Å². The molecule has 2 rings (SSSR count). The molecule has 0 amide bonds. The minimum absolute atomic E-state index is 0.250. The van der Waals surface area contributed by atoms with E-state index in [2.05, 4.69) is 65.4 Å². The number of hydrogen-bond donors (Lipinski definition) is 1. The van der Waals surface area contributed by atoms with E-state index in [1.54, 1.807) is 7.11 Å². The Morgan fingerprint density at radius 3 is 2.37 bits per heavy atom. The number of aryl methyl sites for hydroxylation is 1. The van der Waals surface area contributed by atoms with E-state index in [1.165, 1.54) is 11.1 Å². The smallest absolute Gasteiger partial charge is 0.118 e. The normalized spacial score (nSPS) is 12.0. The van der Waals surface area contributed by atoms with Crippen molar-refractivity contribution in [2.24, 2.45) is 0 Å². The van der Waals surface area contributed by atoms with Gasteiger partial charge in [0.2, 0.25) is 0 Å². The highest BCUT2D eigenvalue weighted by Gasteiger charge is 2.06.